The van der Waals surface area contributed by atoms with Gasteiger partial charge in [0.05, 0.1) is 13.0 Å². The summed E-state index contributed by atoms with van der Waals surface area (Å²) in [6.07, 6.45) is 4.54. The van der Waals surface area contributed by atoms with E-state index in [9.17, 15) is 4.79 Å². The van der Waals surface area contributed by atoms with E-state index in [1.807, 2.05) is 12.1 Å². The molecule has 0 unspecified atom stereocenters. The van der Waals surface area contributed by atoms with Gasteiger partial charge >= 0.3 is 5.97 Å². The number of carbonyl (C=O) groups is 1. The Morgan fingerprint density at radius 1 is 1.30 bits per heavy atom. The van der Waals surface area contributed by atoms with E-state index in [0.29, 0.717) is 6.54 Å². The molecule has 4 nitrogen and oxygen atoms in total. The molecule has 0 radical (unpaired) electrons. The van der Waals surface area contributed by atoms with Gasteiger partial charge in [0.25, 0.3) is 0 Å². The third-order valence-electron chi connectivity index (χ3n) is 3.02. The lowest BCUT2D eigenvalue weighted by Gasteiger charge is -2.08. The molecule has 1 aromatic carbocycles. The van der Waals surface area contributed by atoms with Crippen molar-refractivity contribution in [1.82, 2.24) is 5.32 Å². The predicted octanol–water partition coefficient (Wildman–Crippen LogP) is 2.86. The second-order valence-corrected chi connectivity index (χ2v) is 4.85. The van der Waals surface area contributed by atoms with Crippen LogP contribution in [0.4, 0.5) is 0 Å². The van der Waals surface area contributed by atoms with Crippen LogP contribution >= 0.6 is 0 Å². The zero-order valence-corrected chi connectivity index (χ0v) is 12.2. The molecule has 0 heterocycles. The summed E-state index contributed by atoms with van der Waals surface area (Å²) in [4.78, 5) is 10.4. The lowest BCUT2D eigenvalue weighted by Crippen LogP contribution is -2.20. The Bertz CT molecular complexity index is 393. The molecule has 1 rings (SSSR count). The average Bonchev–Trinajstić information content (AvgIpc) is 2.43. The van der Waals surface area contributed by atoms with Crippen molar-refractivity contribution in [3.05, 3.63) is 29.8 Å². The van der Waals surface area contributed by atoms with Crippen molar-refractivity contribution in [1.29, 1.82) is 0 Å². The Kier molecular flexibility index (Phi) is 8.47. The van der Waals surface area contributed by atoms with E-state index in [1.165, 1.54) is 18.4 Å². The van der Waals surface area contributed by atoms with Crippen molar-refractivity contribution in [3.63, 3.8) is 0 Å². The summed E-state index contributed by atoms with van der Waals surface area (Å²) in [7, 11) is 0. The summed E-state index contributed by atoms with van der Waals surface area (Å²) in [6.45, 7) is 4.25. The molecule has 0 aromatic heterocycles. The van der Waals surface area contributed by atoms with Gasteiger partial charge in [-0.25, -0.2) is 0 Å². The van der Waals surface area contributed by atoms with Crippen LogP contribution in [0.2, 0.25) is 0 Å². The fourth-order valence-corrected chi connectivity index (χ4v) is 1.89. The lowest BCUT2D eigenvalue weighted by molar-refractivity contribution is -0.136. The molecular formula is C16H25NO3. The number of benzene rings is 1. The van der Waals surface area contributed by atoms with Crippen molar-refractivity contribution in [2.45, 2.75) is 39.0 Å². The largest absolute Gasteiger partial charge is 0.494 e. The standard InChI is InChI=1S/C16H25NO3/c1-2-3-4-12-20-15-7-5-6-14(13-15)8-10-17-11-9-16(18)19/h5-7,13,17H,2-4,8-12H2,1H3,(H,18,19). The van der Waals surface area contributed by atoms with Gasteiger partial charge in [-0.3, -0.25) is 4.79 Å². The van der Waals surface area contributed by atoms with Crippen LogP contribution in [0.25, 0.3) is 0 Å². The molecule has 20 heavy (non-hydrogen) atoms. The van der Waals surface area contributed by atoms with Crippen molar-refractivity contribution in [3.8, 4) is 5.75 Å². The fourth-order valence-electron chi connectivity index (χ4n) is 1.89. The van der Waals surface area contributed by atoms with Crippen molar-refractivity contribution < 1.29 is 14.6 Å². The highest BCUT2D eigenvalue weighted by Gasteiger charge is 1.99. The molecule has 0 saturated carbocycles. The van der Waals surface area contributed by atoms with Gasteiger partial charge < -0.3 is 15.2 Å². The zero-order chi connectivity index (χ0) is 14.6. The highest BCUT2D eigenvalue weighted by atomic mass is 16.5. The molecule has 0 aliphatic heterocycles. The van der Waals surface area contributed by atoms with Gasteiger partial charge in [0, 0.05) is 6.54 Å². The highest BCUT2D eigenvalue weighted by molar-refractivity contribution is 5.66. The number of rotatable bonds is 11. The third-order valence-corrected chi connectivity index (χ3v) is 3.02. The first-order valence-corrected chi connectivity index (χ1v) is 7.36. The monoisotopic (exact) mass is 279 g/mol. The molecule has 0 aliphatic rings. The minimum Gasteiger partial charge on any atom is -0.494 e. The summed E-state index contributed by atoms with van der Waals surface area (Å²) >= 11 is 0. The maximum Gasteiger partial charge on any atom is 0.304 e. The molecule has 0 amide bonds. The average molecular weight is 279 g/mol. The van der Waals surface area contributed by atoms with Crippen LogP contribution in [0.15, 0.2) is 24.3 Å². The Labute approximate surface area is 121 Å². The Morgan fingerprint density at radius 2 is 2.15 bits per heavy atom. The lowest BCUT2D eigenvalue weighted by atomic mass is 10.1. The third kappa shape index (κ3) is 7.79. The van der Waals surface area contributed by atoms with Crippen LogP contribution in [0.5, 0.6) is 5.75 Å². The minimum absolute atomic E-state index is 0.167. The summed E-state index contributed by atoms with van der Waals surface area (Å²) in [6, 6.07) is 8.11. The number of aliphatic carboxylic acids is 1. The molecule has 0 atom stereocenters. The van der Waals surface area contributed by atoms with Crippen molar-refractivity contribution >= 4 is 5.97 Å². The van der Waals surface area contributed by atoms with Gasteiger partial charge in [0.2, 0.25) is 0 Å². The first kappa shape index (κ1) is 16.5. The molecular weight excluding hydrogens is 254 g/mol. The molecule has 0 saturated heterocycles. The minimum atomic E-state index is -0.764. The van der Waals surface area contributed by atoms with E-state index >= 15 is 0 Å². The normalized spacial score (nSPS) is 10.4. The quantitative estimate of drug-likeness (QED) is 0.612. The summed E-state index contributed by atoms with van der Waals surface area (Å²) in [5, 5.41) is 11.7. The molecule has 1 aromatic rings. The summed E-state index contributed by atoms with van der Waals surface area (Å²) in [5.74, 6) is 0.157. The highest BCUT2D eigenvalue weighted by Crippen LogP contribution is 2.14. The van der Waals surface area contributed by atoms with Crippen LogP contribution in [0, 0.1) is 0 Å². The van der Waals surface area contributed by atoms with Crippen LogP contribution in [0.3, 0.4) is 0 Å². The number of nitrogens with one attached hydrogen (secondary N) is 1. The molecule has 0 bridgehead atoms. The predicted molar refractivity (Wildman–Crippen MR) is 80.3 cm³/mol. The van der Waals surface area contributed by atoms with Crippen LogP contribution in [0.1, 0.15) is 38.2 Å². The van der Waals surface area contributed by atoms with E-state index in [1.54, 1.807) is 0 Å². The topological polar surface area (TPSA) is 58.6 Å². The van der Waals surface area contributed by atoms with E-state index in [-0.39, 0.29) is 6.42 Å². The molecule has 112 valence electrons. The van der Waals surface area contributed by atoms with Crippen LogP contribution in [-0.4, -0.2) is 30.8 Å². The Morgan fingerprint density at radius 3 is 2.90 bits per heavy atom. The maximum absolute atomic E-state index is 10.4. The number of ether oxygens (including phenoxy) is 1. The van der Waals surface area contributed by atoms with E-state index in [0.717, 1.165) is 31.7 Å². The summed E-state index contributed by atoms with van der Waals surface area (Å²) in [5.41, 5.74) is 1.21. The van der Waals surface area contributed by atoms with Crippen LogP contribution in [-0.2, 0) is 11.2 Å². The smallest absolute Gasteiger partial charge is 0.304 e. The number of carboxylic acid groups (broad SMARTS) is 1. The number of carboxylic acids is 1. The van der Waals surface area contributed by atoms with Gasteiger partial charge in [0.1, 0.15) is 5.75 Å². The number of hydrogen-bond donors (Lipinski definition) is 2. The summed E-state index contributed by atoms with van der Waals surface area (Å²) < 4.78 is 5.71. The van der Waals surface area contributed by atoms with Gasteiger partial charge in [-0.15, -0.1) is 0 Å². The first-order chi connectivity index (χ1) is 9.72. The van der Waals surface area contributed by atoms with Crippen LogP contribution < -0.4 is 10.1 Å². The van der Waals surface area contributed by atoms with Gasteiger partial charge in [0.15, 0.2) is 0 Å². The molecule has 2 N–H and O–H groups in total. The SMILES string of the molecule is CCCCCOc1cccc(CCNCCC(=O)O)c1. The second kappa shape index (κ2) is 10.3. The Hall–Kier alpha value is -1.55. The second-order valence-electron chi connectivity index (χ2n) is 4.85. The Balaban J connectivity index is 2.23. The number of hydrogen-bond acceptors (Lipinski definition) is 3. The van der Waals surface area contributed by atoms with E-state index in [2.05, 4.69) is 24.4 Å². The molecule has 0 fully saturated rings. The molecule has 0 aliphatic carbocycles. The van der Waals surface area contributed by atoms with E-state index < -0.39 is 5.97 Å². The first-order valence-electron chi connectivity index (χ1n) is 7.36. The van der Waals surface area contributed by atoms with Crippen molar-refractivity contribution in [2.75, 3.05) is 19.7 Å². The van der Waals surface area contributed by atoms with Crippen molar-refractivity contribution in [2.24, 2.45) is 0 Å². The zero-order valence-electron chi connectivity index (χ0n) is 12.2. The molecule has 4 heteroatoms. The van der Waals surface area contributed by atoms with Gasteiger partial charge in [-0.1, -0.05) is 31.9 Å². The van der Waals surface area contributed by atoms with Gasteiger partial charge in [-0.05, 0) is 37.1 Å². The maximum atomic E-state index is 10.4. The molecule has 0 spiro atoms. The fraction of sp³-hybridized carbons (Fsp3) is 0.562. The number of unbranched alkanes of at least 4 members (excludes halogenated alkanes) is 2. The van der Waals surface area contributed by atoms with E-state index in [4.69, 9.17) is 9.84 Å². The van der Waals surface area contributed by atoms with Gasteiger partial charge in [-0.2, -0.15) is 0 Å².